The smallest absolute Gasteiger partial charge is 0.258 e. The van der Waals surface area contributed by atoms with E-state index in [9.17, 15) is 9.18 Å². The van der Waals surface area contributed by atoms with Crippen LogP contribution in [0.15, 0.2) is 42.6 Å². The van der Waals surface area contributed by atoms with Crippen molar-refractivity contribution in [3.63, 3.8) is 0 Å². The monoisotopic (exact) mass is 517 g/mol. The van der Waals surface area contributed by atoms with Crippen molar-refractivity contribution in [1.82, 2.24) is 20.2 Å². The van der Waals surface area contributed by atoms with Gasteiger partial charge < -0.3 is 20.7 Å². The Labute approximate surface area is 213 Å². The maximum atomic E-state index is 13.9. The van der Waals surface area contributed by atoms with Gasteiger partial charge in [-0.05, 0) is 64.2 Å². The fourth-order valence-electron chi connectivity index (χ4n) is 3.96. The second kappa shape index (κ2) is 10.8. The van der Waals surface area contributed by atoms with Crippen molar-refractivity contribution < 1.29 is 13.9 Å². The number of anilines is 1. The van der Waals surface area contributed by atoms with Crippen LogP contribution in [0.25, 0.3) is 11.3 Å². The molecule has 2 aromatic carbocycles. The molecule has 1 aromatic heterocycles. The van der Waals surface area contributed by atoms with Gasteiger partial charge in [-0.3, -0.25) is 4.79 Å². The molecule has 1 saturated heterocycles. The molecule has 7 nitrogen and oxygen atoms in total. The van der Waals surface area contributed by atoms with E-state index in [4.69, 9.17) is 33.7 Å². The molecule has 0 radical (unpaired) electrons. The predicted molar refractivity (Wildman–Crippen MR) is 135 cm³/mol. The minimum atomic E-state index is -0.733. The zero-order valence-electron chi connectivity index (χ0n) is 19.4. The molecule has 184 valence electrons. The van der Waals surface area contributed by atoms with E-state index in [0.29, 0.717) is 16.8 Å². The highest BCUT2D eigenvalue weighted by Crippen LogP contribution is 2.35. The van der Waals surface area contributed by atoms with E-state index >= 15 is 0 Å². The van der Waals surface area contributed by atoms with Crippen LogP contribution in [-0.2, 0) is 0 Å². The summed E-state index contributed by atoms with van der Waals surface area (Å²) in [5, 5.41) is 3.24. The molecule has 2 heterocycles. The third kappa shape index (κ3) is 5.83. The molecule has 0 saturated carbocycles. The predicted octanol–water partition coefficient (Wildman–Crippen LogP) is 5.14. The summed E-state index contributed by atoms with van der Waals surface area (Å²) in [6.07, 6.45) is 2.66. The number of piperidine rings is 1. The van der Waals surface area contributed by atoms with E-state index in [0.717, 1.165) is 31.5 Å². The van der Waals surface area contributed by atoms with Crippen molar-refractivity contribution in [2.45, 2.75) is 31.9 Å². The van der Waals surface area contributed by atoms with E-state index in [-0.39, 0.29) is 33.7 Å². The Morgan fingerprint density at radius 2 is 1.89 bits per heavy atom. The number of nitrogens with one attached hydrogen (secondary N) is 1. The molecule has 1 aliphatic rings. The molecule has 1 amide bonds. The average Bonchev–Trinajstić information content (AvgIpc) is 2.84. The maximum absolute atomic E-state index is 13.9. The van der Waals surface area contributed by atoms with E-state index in [1.807, 2.05) is 0 Å². The lowest BCUT2D eigenvalue weighted by atomic mass is 10.0. The number of carbonyl (C=O) groups excluding carboxylic acids is 1. The Bertz CT molecular complexity index is 1220. The van der Waals surface area contributed by atoms with Crippen LogP contribution >= 0.6 is 23.2 Å². The second-order valence-corrected chi connectivity index (χ2v) is 9.38. The summed E-state index contributed by atoms with van der Waals surface area (Å²) in [6.45, 7) is 3.61. The van der Waals surface area contributed by atoms with Crippen LogP contribution < -0.4 is 15.8 Å². The molecule has 0 bridgehead atoms. The van der Waals surface area contributed by atoms with Crippen LogP contribution in [0.4, 0.5) is 10.2 Å². The van der Waals surface area contributed by atoms with Crippen molar-refractivity contribution in [3.8, 4) is 17.1 Å². The number of ether oxygens (including phenoxy) is 1. The summed E-state index contributed by atoms with van der Waals surface area (Å²) in [7, 11) is 2.08. The number of nitrogens with two attached hydrogens (primary N) is 1. The first-order valence-electron chi connectivity index (χ1n) is 11.3. The number of halogens is 3. The third-order valence-corrected chi connectivity index (χ3v) is 6.75. The van der Waals surface area contributed by atoms with Gasteiger partial charge in [0.15, 0.2) is 5.82 Å². The molecule has 1 aliphatic heterocycles. The zero-order valence-corrected chi connectivity index (χ0v) is 20.9. The Morgan fingerprint density at radius 1 is 1.20 bits per heavy atom. The molecule has 0 aliphatic carbocycles. The zero-order chi connectivity index (χ0) is 25.1. The molecule has 10 heteroatoms. The van der Waals surface area contributed by atoms with Crippen LogP contribution in [0.2, 0.25) is 10.0 Å². The fourth-order valence-corrected chi connectivity index (χ4v) is 4.64. The Hall–Kier alpha value is -2.94. The van der Waals surface area contributed by atoms with Gasteiger partial charge in [0.05, 0.1) is 16.9 Å². The largest absolute Gasteiger partial charge is 0.467 e. The van der Waals surface area contributed by atoms with Crippen molar-refractivity contribution >= 4 is 34.9 Å². The summed E-state index contributed by atoms with van der Waals surface area (Å²) in [6, 6.07) is 9.85. The van der Waals surface area contributed by atoms with Crippen molar-refractivity contribution in [3.05, 3.63) is 69.6 Å². The third-order valence-electron chi connectivity index (χ3n) is 6.04. The Morgan fingerprint density at radius 3 is 2.57 bits per heavy atom. The lowest BCUT2D eigenvalue weighted by molar-refractivity contribution is 0.0917. The van der Waals surface area contributed by atoms with Crippen LogP contribution in [0, 0.1) is 5.82 Å². The maximum Gasteiger partial charge on any atom is 0.258 e. The number of carbonyl (C=O) groups is 1. The van der Waals surface area contributed by atoms with Gasteiger partial charge >= 0.3 is 0 Å². The molecule has 1 unspecified atom stereocenters. The number of likely N-dealkylation sites (tertiary alicyclic amines) is 1. The number of nitrogens with zero attached hydrogens (tertiary/aromatic N) is 3. The lowest BCUT2D eigenvalue weighted by Gasteiger charge is -2.29. The Balaban J connectivity index is 1.48. The molecular weight excluding hydrogens is 492 g/mol. The van der Waals surface area contributed by atoms with Gasteiger partial charge in [0.1, 0.15) is 11.9 Å². The SMILES string of the molecule is CC(Oc1nc(-c2ccc(C(=O)NC3CCN(C)CC3)cc2)cnc1N)c1c(Cl)ccc(F)c1Cl. The van der Waals surface area contributed by atoms with Gasteiger partial charge in [-0.15, -0.1) is 0 Å². The standard InChI is InChI=1S/C25H26Cl2FN5O2/c1-14(21-18(26)7-8-19(28)22(21)27)35-25-23(29)30-13-20(32-25)15-3-5-16(6-4-15)24(34)31-17-9-11-33(2)12-10-17/h3-8,13-14,17H,9-12H2,1-2H3,(H2,29,30)(H,31,34). The molecule has 4 rings (SSSR count). The Kier molecular flexibility index (Phi) is 7.74. The van der Waals surface area contributed by atoms with E-state index in [1.165, 1.54) is 18.3 Å². The number of amides is 1. The summed E-state index contributed by atoms with van der Waals surface area (Å²) in [5.74, 6) is -0.570. The second-order valence-electron chi connectivity index (χ2n) is 8.59. The van der Waals surface area contributed by atoms with Gasteiger partial charge in [-0.2, -0.15) is 0 Å². The molecule has 0 spiro atoms. The number of nitrogen functional groups attached to an aromatic ring is 1. The normalized spacial score (nSPS) is 15.6. The fraction of sp³-hybridized carbons (Fsp3) is 0.320. The van der Waals surface area contributed by atoms with Crippen LogP contribution in [0.5, 0.6) is 5.88 Å². The minimum absolute atomic E-state index is 0.0653. The van der Waals surface area contributed by atoms with Crippen molar-refractivity contribution in [2.24, 2.45) is 0 Å². The lowest BCUT2D eigenvalue weighted by Crippen LogP contribution is -2.43. The molecule has 3 N–H and O–H groups in total. The van der Waals surface area contributed by atoms with Gasteiger partial charge in [0.25, 0.3) is 11.8 Å². The number of benzene rings is 2. The first-order chi connectivity index (χ1) is 16.7. The van der Waals surface area contributed by atoms with Crippen molar-refractivity contribution in [1.29, 1.82) is 0 Å². The van der Waals surface area contributed by atoms with Crippen LogP contribution in [0.3, 0.4) is 0 Å². The average molecular weight is 518 g/mol. The summed E-state index contributed by atoms with van der Waals surface area (Å²) in [4.78, 5) is 23.5. The number of hydrogen-bond donors (Lipinski definition) is 2. The number of aromatic nitrogens is 2. The van der Waals surface area contributed by atoms with Gasteiger partial charge in [0, 0.05) is 27.8 Å². The highest BCUT2D eigenvalue weighted by molar-refractivity contribution is 6.36. The molecule has 1 fully saturated rings. The van der Waals surface area contributed by atoms with E-state index < -0.39 is 11.9 Å². The minimum Gasteiger partial charge on any atom is -0.467 e. The quantitative estimate of drug-likeness (QED) is 0.440. The molecule has 1 atom stereocenters. The van der Waals surface area contributed by atoms with Crippen molar-refractivity contribution in [2.75, 3.05) is 25.9 Å². The van der Waals surface area contributed by atoms with Gasteiger partial charge in [-0.1, -0.05) is 35.3 Å². The van der Waals surface area contributed by atoms with E-state index in [1.54, 1.807) is 31.2 Å². The summed E-state index contributed by atoms with van der Waals surface area (Å²) in [5.41, 5.74) is 8.05. The first kappa shape index (κ1) is 25.2. The topological polar surface area (TPSA) is 93.4 Å². The molecule has 35 heavy (non-hydrogen) atoms. The summed E-state index contributed by atoms with van der Waals surface area (Å²) >= 11 is 12.3. The summed E-state index contributed by atoms with van der Waals surface area (Å²) < 4.78 is 19.8. The van der Waals surface area contributed by atoms with E-state index in [2.05, 4.69) is 27.2 Å². The number of hydrogen-bond acceptors (Lipinski definition) is 6. The van der Waals surface area contributed by atoms with Gasteiger partial charge in [-0.25, -0.2) is 14.4 Å². The van der Waals surface area contributed by atoms with Gasteiger partial charge in [0.2, 0.25) is 0 Å². The highest BCUT2D eigenvalue weighted by atomic mass is 35.5. The van der Waals surface area contributed by atoms with Crippen LogP contribution in [0.1, 0.15) is 41.8 Å². The van der Waals surface area contributed by atoms with Crippen LogP contribution in [-0.4, -0.2) is 47.0 Å². The number of rotatable bonds is 6. The highest BCUT2D eigenvalue weighted by Gasteiger charge is 2.21. The molecular formula is C25H26Cl2FN5O2. The molecule has 3 aromatic rings. The first-order valence-corrected chi connectivity index (χ1v) is 12.0.